The molecule has 23 heavy (non-hydrogen) atoms. The Bertz CT molecular complexity index is 425. The van der Waals surface area contributed by atoms with Crippen LogP contribution in [-0.2, 0) is 4.79 Å². The summed E-state index contributed by atoms with van der Waals surface area (Å²) in [6, 6.07) is -0.132. The molecule has 0 spiro atoms. The first kappa shape index (κ1) is 18.0. The first-order valence-electron chi connectivity index (χ1n) is 8.97. The molecule has 1 atom stereocenters. The van der Waals surface area contributed by atoms with Gasteiger partial charge in [0, 0.05) is 31.7 Å². The number of carbonyl (C=O) groups excluding carboxylic acids is 2. The third-order valence-corrected chi connectivity index (χ3v) is 5.17. The molecule has 2 N–H and O–H groups in total. The number of hydrogen-bond donors (Lipinski definition) is 2. The van der Waals surface area contributed by atoms with Gasteiger partial charge >= 0.3 is 6.03 Å². The number of urea groups is 1. The molecule has 3 amide bonds. The van der Waals surface area contributed by atoms with Gasteiger partial charge in [-0.1, -0.05) is 13.3 Å². The quantitative estimate of drug-likeness (QED) is 0.776. The SMILES string of the molecule is CCC1CCCN(C(C)(C)CNC(=O)CN2CCCNC2=O)C1. The summed E-state index contributed by atoms with van der Waals surface area (Å²) in [6.07, 6.45) is 4.68. The van der Waals surface area contributed by atoms with Crippen LogP contribution in [-0.4, -0.2) is 66.5 Å². The fourth-order valence-electron chi connectivity index (χ4n) is 3.43. The predicted molar refractivity (Wildman–Crippen MR) is 91.3 cm³/mol. The van der Waals surface area contributed by atoms with E-state index in [9.17, 15) is 9.59 Å². The minimum atomic E-state index is -0.132. The van der Waals surface area contributed by atoms with E-state index in [1.807, 2.05) is 0 Å². The molecule has 2 aliphatic rings. The van der Waals surface area contributed by atoms with Crippen molar-refractivity contribution < 1.29 is 9.59 Å². The predicted octanol–water partition coefficient (Wildman–Crippen LogP) is 1.42. The zero-order valence-corrected chi connectivity index (χ0v) is 14.9. The molecule has 0 radical (unpaired) electrons. The molecule has 2 aliphatic heterocycles. The summed E-state index contributed by atoms with van der Waals surface area (Å²) in [7, 11) is 0. The highest BCUT2D eigenvalue weighted by atomic mass is 16.2. The van der Waals surface area contributed by atoms with E-state index in [4.69, 9.17) is 0 Å². The summed E-state index contributed by atoms with van der Waals surface area (Å²) in [5.41, 5.74) is -0.0480. The van der Waals surface area contributed by atoms with Gasteiger partial charge in [0.25, 0.3) is 0 Å². The number of nitrogens with one attached hydrogen (secondary N) is 2. The molecule has 2 saturated heterocycles. The number of nitrogens with zero attached hydrogens (tertiary/aromatic N) is 2. The van der Waals surface area contributed by atoms with Crippen molar-refractivity contribution in [2.24, 2.45) is 5.92 Å². The van der Waals surface area contributed by atoms with Crippen LogP contribution >= 0.6 is 0 Å². The van der Waals surface area contributed by atoms with Gasteiger partial charge in [-0.25, -0.2) is 4.79 Å². The van der Waals surface area contributed by atoms with Crippen molar-refractivity contribution in [3.63, 3.8) is 0 Å². The molecule has 0 bridgehead atoms. The van der Waals surface area contributed by atoms with Crippen LogP contribution in [0.5, 0.6) is 0 Å². The number of piperidine rings is 1. The zero-order valence-electron chi connectivity index (χ0n) is 14.9. The summed E-state index contributed by atoms with van der Waals surface area (Å²) in [5, 5.41) is 5.79. The van der Waals surface area contributed by atoms with E-state index < -0.39 is 0 Å². The normalized spacial score (nSPS) is 23.5. The maximum absolute atomic E-state index is 12.2. The van der Waals surface area contributed by atoms with E-state index in [0.717, 1.165) is 25.4 Å². The maximum Gasteiger partial charge on any atom is 0.317 e. The summed E-state index contributed by atoms with van der Waals surface area (Å²) >= 11 is 0. The monoisotopic (exact) mass is 324 g/mol. The first-order valence-corrected chi connectivity index (χ1v) is 8.97. The second-order valence-corrected chi connectivity index (χ2v) is 7.46. The van der Waals surface area contributed by atoms with Crippen LogP contribution in [0.1, 0.15) is 46.5 Å². The van der Waals surface area contributed by atoms with Crippen LogP contribution < -0.4 is 10.6 Å². The Kier molecular flexibility index (Phi) is 6.27. The van der Waals surface area contributed by atoms with E-state index in [0.29, 0.717) is 19.6 Å². The molecule has 2 fully saturated rings. The number of hydrogen-bond acceptors (Lipinski definition) is 3. The fourth-order valence-corrected chi connectivity index (χ4v) is 3.43. The van der Waals surface area contributed by atoms with Gasteiger partial charge in [-0.3, -0.25) is 9.69 Å². The van der Waals surface area contributed by atoms with Gasteiger partial charge in [0.2, 0.25) is 5.91 Å². The fraction of sp³-hybridized carbons (Fsp3) is 0.882. The molecule has 2 rings (SSSR count). The standard InChI is InChI=1S/C17H32N4O2/c1-4-14-7-5-10-21(11-14)17(2,3)13-19-15(22)12-20-9-6-8-18-16(20)23/h14H,4-13H2,1-3H3,(H,18,23)(H,19,22). The molecule has 1 unspecified atom stereocenters. The van der Waals surface area contributed by atoms with Crippen molar-refractivity contribution in [2.45, 2.75) is 52.0 Å². The highest BCUT2D eigenvalue weighted by Gasteiger charge is 2.31. The third-order valence-electron chi connectivity index (χ3n) is 5.17. The van der Waals surface area contributed by atoms with Crippen molar-refractivity contribution in [3.05, 3.63) is 0 Å². The van der Waals surface area contributed by atoms with Crippen molar-refractivity contribution in [1.29, 1.82) is 0 Å². The van der Waals surface area contributed by atoms with Crippen LogP contribution in [0.4, 0.5) is 4.79 Å². The molecular formula is C17H32N4O2. The number of likely N-dealkylation sites (tertiary alicyclic amines) is 1. The van der Waals surface area contributed by atoms with E-state index >= 15 is 0 Å². The number of amides is 3. The van der Waals surface area contributed by atoms with Crippen LogP contribution in [0, 0.1) is 5.92 Å². The zero-order chi connectivity index (χ0) is 16.9. The summed E-state index contributed by atoms with van der Waals surface area (Å²) < 4.78 is 0. The van der Waals surface area contributed by atoms with E-state index in [-0.39, 0.29) is 24.0 Å². The first-order chi connectivity index (χ1) is 10.9. The van der Waals surface area contributed by atoms with Gasteiger partial charge in [-0.05, 0) is 45.6 Å². The lowest BCUT2D eigenvalue weighted by Crippen LogP contribution is -2.56. The molecule has 6 nitrogen and oxygen atoms in total. The van der Waals surface area contributed by atoms with Gasteiger partial charge in [0.15, 0.2) is 0 Å². The Morgan fingerprint density at radius 3 is 2.83 bits per heavy atom. The molecule has 2 heterocycles. The van der Waals surface area contributed by atoms with Gasteiger partial charge in [0.05, 0.1) is 0 Å². The summed E-state index contributed by atoms with van der Waals surface area (Å²) in [6.45, 7) is 11.0. The largest absolute Gasteiger partial charge is 0.353 e. The van der Waals surface area contributed by atoms with E-state index in [2.05, 4.69) is 36.3 Å². The van der Waals surface area contributed by atoms with Crippen LogP contribution in [0.15, 0.2) is 0 Å². The Morgan fingerprint density at radius 2 is 2.13 bits per heavy atom. The van der Waals surface area contributed by atoms with Gasteiger partial charge in [-0.2, -0.15) is 0 Å². The molecule has 0 saturated carbocycles. The summed E-state index contributed by atoms with van der Waals surface area (Å²) in [4.78, 5) is 27.9. The second kappa shape index (κ2) is 7.99. The van der Waals surface area contributed by atoms with E-state index in [1.54, 1.807) is 4.90 Å². The van der Waals surface area contributed by atoms with Crippen molar-refractivity contribution >= 4 is 11.9 Å². The molecule has 0 aromatic carbocycles. The Morgan fingerprint density at radius 1 is 1.35 bits per heavy atom. The van der Waals surface area contributed by atoms with Gasteiger partial charge < -0.3 is 15.5 Å². The summed E-state index contributed by atoms with van der Waals surface area (Å²) in [5.74, 6) is 0.704. The minimum absolute atomic E-state index is 0.0480. The maximum atomic E-state index is 12.2. The van der Waals surface area contributed by atoms with Crippen molar-refractivity contribution in [3.8, 4) is 0 Å². The molecule has 6 heteroatoms. The molecule has 0 aromatic rings. The Labute approximate surface area is 140 Å². The Hall–Kier alpha value is -1.30. The van der Waals surface area contributed by atoms with E-state index in [1.165, 1.54) is 19.3 Å². The molecular weight excluding hydrogens is 292 g/mol. The highest BCUT2D eigenvalue weighted by molar-refractivity contribution is 5.84. The lowest BCUT2D eigenvalue weighted by Gasteiger charge is -2.43. The molecule has 0 aromatic heterocycles. The lowest BCUT2D eigenvalue weighted by molar-refractivity contribution is -0.122. The third kappa shape index (κ3) is 5.09. The van der Waals surface area contributed by atoms with Crippen LogP contribution in [0.25, 0.3) is 0 Å². The van der Waals surface area contributed by atoms with Crippen LogP contribution in [0.2, 0.25) is 0 Å². The number of rotatable bonds is 6. The number of carbonyl (C=O) groups is 2. The minimum Gasteiger partial charge on any atom is -0.353 e. The lowest BCUT2D eigenvalue weighted by atomic mass is 9.91. The average Bonchev–Trinajstić information content (AvgIpc) is 2.55. The van der Waals surface area contributed by atoms with Gasteiger partial charge in [0.1, 0.15) is 6.54 Å². The topological polar surface area (TPSA) is 64.7 Å². The van der Waals surface area contributed by atoms with Crippen molar-refractivity contribution in [2.75, 3.05) is 39.3 Å². The highest BCUT2D eigenvalue weighted by Crippen LogP contribution is 2.25. The van der Waals surface area contributed by atoms with Gasteiger partial charge in [-0.15, -0.1) is 0 Å². The second-order valence-electron chi connectivity index (χ2n) is 7.46. The van der Waals surface area contributed by atoms with Crippen molar-refractivity contribution in [1.82, 2.24) is 20.4 Å². The Balaban J connectivity index is 1.78. The smallest absolute Gasteiger partial charge is 0.317 e. The molecule has 0 aliphatic carbocycles. The average molecular weight is 324 g/mol. The molecule has 132 valence electrons. The van der Waals surface area contributed by atoms with Crippen LogP contribution in [0.3, 0.4) is 0 Å².